The molecule has 0 bridgehead atoms. The van der Waals surface area contributed by atoms with Gasteiger partial charge in [-0.25, -0.2) is 13.2 Å². The highest BCUT2D eigenvalue weighted by molar-refractivity contribution is 5.94. The molecule has 1 atom stereocenters. The fourth-order valence-corrected chi connectivity index (χ4v) is 6.43. The topological polar surface area (TPSA) is 93.7 Å². The molecule has 43 heavy (non-hydrogen) atoms. The average molecular weight is 599 g/mol. The molecular formula is C30H37F3N8O2. The van der Waals surface area contributed by atoms with Crippen molar-refractivity contribution in [3.05, 3.63) is 46.8 Å². The van der Waals surface area contributed by atoms with Gasteiger partial charge in [0.05, 0.1) is 36.2 Å². The summed E-state index contributed by atoms with van der Waals surface area (Å²) in [6.07, 6.45) is 4.78. The van der Waals surface area contributed by atoms with Crippen molar-refractivity contribution in [1.29, 1.82) is 0 Å². The van der Waals surface area contributed by atoms with Crippen LogP contribution < -0.4 is 14.5 Å². The van der Waals surface area contributed by atoms with Crippen LogP contribution in [0.1, 0.15) is 28.8 Å². The molecular weight excluding hydrogens is 561 g/mol. The lowest BCUT2D eigenvalue weighted by molar-refractivity contribution is -0.126. The van der Waals surface area contributed by atoms with Gasteiger partial charge in [-0.2, -0.15) is 15.1 Å². The van der Waals surface area contributed by atoms with E-state index in [0.717, 1.165) is 45.8 Å². The van der Waals surface area contributed by atoms with Gasteiger partial charge in [-0.15, -0.1) is 0 Å². The van der Waals surface area contributed by atoms with E-state index >= 15 is 0 Å². The number of aromatic amines is 1. The zero-order valence-electron chi connectivity index (χ0n) is 24.7. The number of aryl methyl sites for hydroxylation is 1. The summed E-state index contributed by atoms with van der Waals surface area (Å²) in [4.78, 5) is 29.8. The maximum atomic E-state index is 14.0. The first kappa shape index (κ1) is 29.2. The highest BCUT2D eigenvalue weighted by atomic mass is 19.3. The quantitative estimate of drug-likeness (QED) is 0.414. The first-order valence-corrected chi connectivity index (χ1v) is 14.7. The average Bonchev–Trinajstić information content (AvgIpc) is 3.56. The van der Waals surface area contributed by atoms with Crippen LogP contribution in [0.5, 0.6) is 6.01 Å². The molecule has 1 aromatic carbocycles. The van der Waals surface area contributed by atoms with Crippen molar-refractivity contribution in [2.45, 2.75) is 45.2 Å². The van der Waals surface area contributed by atoms with Crippen molar-refractivity contribution in [2.24, 2.45) is 0 Å². The van der Waals surface area contributed by atoms with Gasteiger partial charge in [0.1, 0.15) is 19.1 Å². The number of benzene rings is 1. The SMILES string of the molecule is Cc1cc2[nH]ncc2c(N2CCc3c(nc(OC[C@@H]4CC(F)(F)CN4C)nc3N3CCN(C(=O)/C=C/CF)CC3)C2)c1C. The van der Waals surface area contributed by atoms with E-state index in [1.54, 1.807) is 16.8 Å². The van der Waals surface area contributed by atoms with Crippen molar-refractivity contribution in [3.8, 4) is 6.01 Å². The summed E-state index contributed by atoms with van der Waals surface area (Å²) < 4.78 is 46.6. The highest BCUT2D eigenvalue weighted by Crippen LogP contribution is 2.37. The predicted octanol–water partition coefficient (Wildman–Crippen LogP) is 3.42. The van der Waals surface area contributed by atoms with E-state index in [2.05, 4.69) is 39.9 Å². The Labute approximate surface area is 248 Å². The lowest BCUT2D eigenvalue weighted by Gasteiger charge is -2.38. The summed E-state index contributed by atoms with van der Waals surface area (Å²) in [5, 5.41) is 8.41. The van der Waals surface area contributed by atoms with Gasteiger partial charge < -0.3 is 19.4 Å². The van der Waals surface area contributed by atoms with Gasteiger partial charge in [-0.05, 0) is 50.6 Å². The number of hydrogen-bond acceptors (Lipinski definition) is 8. The molecule has 10 nitrogen and oxygen atoms in total. The zero-order chi connectivity index (χ0) is 30.3. The van der Waals surface area contributed by atoms with Crippen molar-refractivity contribution in [1.82, 2.24) is 30.0 Å². The largest absolute Gasteiger partial charge is 0.462 e. The van der Waals surface area contributed by atoms with E-state index in [1.165, 1.54) is 17.7 Å². The third-order valence-corrected chi connectivity index (χ3v) is 8.85. The second-order valence-electron chi connectivity index (χ2n) is 11.7. The molecule has 0 unspecified atom stereocenters. The van der Waals surface area contributed by atoms with E-state index in [4.69, 9.17) is 14.7 Å². The second-order valence-corrected chi connectivity index (χ2v) is 11.7. The molecule has 5 heterocycles. The fourth-order valence-electron chi connectivity index (χ4n) is 6.43. The molecule has 0 radical (unpaired) electrons. The molecule has 2 saturated heterocycles. The maximum absolute atomic E-state index is 14.0. The minimum atomic E-state index is -2.74. The molecule has 2 aromatic heterocycles. The number of halogens is 3. The summed E-state index contributed by atoms with van der Waals surface area (Å²) in [6, 6.07) is 1.83. The van der Waals surface area contributed by atoms with Gasteiger partial charge in [0, 0.05) is 62.2 Å². The first-order valence-electron chi connectivity index (χ1n) is 14.7. The Balaban J connectivity index is 1.29. The molecule has 1 N–H and O–H groups in total. The number of rotatable bonds is 7. The Morgan fingerprint density at radius 2 is 1.95 bits per heavy atom. The molecule has 1 amide bonds. The lowest BCUT2D eigenvalue weighted by atomic mass is 9.99. The first-order chi connectivity index (χ1) is 20.6. The smallest absolute Gasteiger partial charge is 0.318 e. The van der Waals surface area contributed by atoms with E-state index in [9.17, 15) is 18.0 Å². The molecule has 2 fully saturated rings. The number of H-pyrrole nitrogens is 1. The number of piperazine rings is 1. The van der Waals surface area contributed by atoms with Crippen molar-refractivity contribution in [3.63, 3.8) is 0 Å². The van der Waals surface area contributed by atoms with Gasteiger partial charge in [0.15, 0.2) is 0 Å². The fraction of sp³-hybridized carbons (Fsp3) is 0.533. The molecule has 230 valence electrons. The van der Waals surface area contributed by atoms with E-state index in [1.807, 2.05) is 6.20 Å². The normalized spacial score (nSPS) is 20.8. The van der Waals surface area contributed by atoms with Gasteiger partial charge >= 0.3 is 6.01 Å². The summed E-state index contributed by atoms with van der Waals surface area (Å²) in [5.41, 5.74) is 6.28. The molecule has 0 saturated carbocycles. The van der Waals surface area contributed by atoms with E-state index < -0.39 is 18.6 Å². The number of carbonyl (C=O) groups is 1. The third kappa shape index (κ3) is 5.86. The van der Waals surface area contributed by atoms with Crippen LogP contribution >= 0.6 is 0 Å². The summed E-state index contributed by atoms with van der Waals surface area (Å²) in [5.74, 6) is -2.20. The van der Waals surface area contributed by atoms with Gasteiger partial charge in [-0.1, -0.05) is 0 Å². The molecule has 13 heteroatoms. The number of nitrogens with zero attached hydrogens (tertiary/aromatic N) is 7. The summed E-state index contributed by atoms with van der Waals surface area (Å²) in [6.45, 7) is 6.60. The Hall–Kier alpha value is -3.87. The molecule has 0 spiro atoms. The molecule has 3 aromatic rings. The van der Waals surface area contributed by atoms with E-state index in [-0.39, 0.29) is 31.5 Å². The molecule has 6 rings (SSSR count). The number of aromatic nitrogens is 4. The number of ether oxygens (including phenoxy) is 1. The zero-order valence-corrected chi connectivity index (χ0v) is 24.7. The number of allylic oxidation sites excluding steroid dienone is 1. The highest BCUT2D eigenvalue weighted by Gasteiger charge is 2.43. The number of hydrogen-bond donors (Lipinski definition) is 1. The van der Waals surface area contributed by atoms with E-state index in [0.29, 0.717) is 39.1 Å². The van der Waals surface area contributed by atoms with Crippen LogP contribution in [0.2, 0.25) is 0 Å². The molecule has 3 aliphatic heterocycles. The number of amides is 1. The van der Waals surface area contributed by atoms with Gasteiger partial charge in [-0.3, -0.25) is 14.8 Å². The number of likely N-dealkylation sites (N-methyl/N-ethyl adjacent to an activating group) is 1. The number of anilines is 2. The molecule has 3 aliphatic rings. The Morgan fingerprint density at radius 3 is 2.67 bits per heavy atom. The molecule has 0 aliphatic carbocycles. The number of likely N-dealkylation sites (tertiary alicyclic amines) is 1. The number of fused-ring (bicyclic) bond motifs is 2. The van der Waals surface area contributed by atoms with Crippen molar-refractivity contribution >= 4 is 28.3 Å². The maximum Gasteiger partial charge on any atom is 0.318 e. The van der Waals surface area contributed by atoms with Crippen LogP contribution in [0.25, 0.3) is 10.9 Å². The number of alkyl halides is 3. The van der Waals surface area contributed by atoms with Crippen LogP contribution in [0, 0.1) is 13.8 Å². The monoisotopic (exact) mass is 598 g/mol. The van der Waals surface area contributed by atoms with Crippen LogP contribution in [0.3, 0.4) is 0 Å². The number of carbonyl (C=O) groups excluding carboxylic acids is 1. The minimum Gasteiger partial charge on any atom is -0.462 e. The van der Waals surface area contributed by atoms with Crippen LogP contribution in [-0.4, -0.2) is 107 Å². The van der Waals surface area contributed by atoms with Crippen LogP contribution in [-0.2, 0) is 17.8 Å². The standard InChI is InChI=1S/C30H37F3N8O2/c1-19-13-24-23(15-34-37-24)27(20(19)2)41-8-6-22-25(16-41)35-29(43-17-21-14-30(32,33)18-38(21)3)36-28(22)40-11-9-39(10-12-40)26(42)5-4-7-31/h4-5,13,15,21H,6-12,14,16-18H2,1-3H3,(H,34,37)/b5-4+/t21-/m0/s1. The lowest BCUT2D eigenvalue weighted by Crippen LogP contribution is -2.49. The summed E-state index contributed by atoms with van der Waals surface area (Å²) in [7, 11) is 1.68. The Morgan fingerprint density at radius 1 is 1.16 bits per heavy atom. The van der Waals surface area contributed by atoms with Gasteiger partial charge in [0.25, 0.3) is 5.92 Å². The minimum absolute atomic E-state index is 0.0594. The second kappa shape index (κ2) is 11.7. The van der Waals surface area contributed by atoms with Crippen LogP contribution in [0.4, 0.5) is 24.7 Å². The summed E-state index contributed by atoms with van der Waals surface area (Å²) >= 11 is 0. The van der Waals surface area contributed by atoms with Gasteiger partial charge in [0.2, 0.25) is 5.91 Å². The van der Waals surface area contributed by atoms with Crippen LogP contribution in [0.15, 0.2) is 24.4 Å². The van der Waals surface area contributed by atoms with Crippen molar-refractivity contribution in [2.75, 3.05) is 69.4 Å². The number of nitrogens with one attached hydrogen (secondary N) is 1. The predicted molar refractivity (Wildman–Crippen MR) is 158 cm³/mol. The van der Waals surface area contributed by atoms with Crippen molar-refractivity contribution < 1.29 is 22.7 Å². The third-order valence-electron chi connectivity index (χ3n) is 8.85. The Kier molecular flexibility index (Phi) is 7.92. The Bertz CT molecular complexity index is 1540.